The van der Waals surface area contributed by atoms with E-state index in [4.69, 9.17) is 9.47 Å². The first-order chi connectivity index (χ1) is 12.2. The summed E-state index contributed by atoms with van der Waals surface area (Å²) in [6, 6.07) is 14.9. The molecule has 1 unspecified atom stereocenters. The summed E-state index contributed by atoms with van der Waals surface area (Å²) in [6.07, 6.45) is 5.44. The van der Waals surface area contributed by atoms with Gasteiger partial charge in [-0.3, -0.25) is 0 Å². The highest BCUT2D eigenvalue weighted by Crippen LogP contribution is 2.39. The Morgan fingerprint density at radius 1 is 1.08 bits per heavy atom. The van der Waals surface area contributed by atoms with Gasteiger partial charge in [-0.2, -0.15) is 0 Å². The van der Waals surface area contributed by atoms with Gasteiger partial charge in [-0.25, -0.2) is 0 Å². The minimum atomic E-state index is 0.529. The average molecular weight is 338 g/mol. The Balaban J connectivity index is 1.78. The lowest BCUT2D eigenvalue weighted by atomic mass is 9.91. The number of methoxy groups -OCH3 is 1. The summed E-state index contributed by atoms with van der Waals surface area (Å²) in [4.78, 5) is 0. The van der Waals surface area contributed by atoms with Crippen LogP contribution in [0.5, 0.6) is 5.75 Å². The SMILES string of the molecule is COCc1cc(OCc2ccccc2)c(C(C)CCC2CC2)cc1C. The van der Waals surface area contributed by atoms with Crippen molar-refractivity contribution < 1.29 is 9.47 Å². The van der Waals surface area contributed by atoms with Gasteiger partial charge in [0.2, 0.25) is 0 Å². The van der Waals surface area contributed by atoms with E-state index in [1.807, 2.05) is 6.07 Å². The van der Waals surface area contributed by atoms with Crippen LogP contribution >= 0.6 is 0 Å². The molecule has 2 heteroatoms. The van der Waals surface area contributed by atoms with Gasteiger partial charge >= 0.3 is 0 Å². The number of hydrogen-bond acceptors (Lipinski definition) is 2. The fourth-order valence-corrected chi connectivity index (χ4v) is 3.36. The van der Waals surface area contributed by atoms with Gasteiger partial charge in [0.1, 0.15) is 12.4 Å². The van der Waals surface area contributed by atoms with E-state index in [1.54, 1.807) is 7.11 Å². The van der Waals surface area contributed by atoms with Crippen molar-refractivity contribution in [1.29, 1.82) is 0 Å². The third-order valence-corrected chi connectivity index (χ3v) is 5.24. The molecule has 1 atom stereocenters. The standard InChI is InChI=1S/C23H30O2/c1-17(9-10-19-11-12-19)22-13-18(2)21(16-24-3)14-23(22)25-15-20-7-5-4-6-8-20/h4-8,13-14,17,19H,9-12,15-16H2,1-3H3. The van der Waals surface area contributed by atoms with Crippen molar-refractivity contribution in [3.8, 4) is 5.75 Å². The van der Waals surface area contributed by atoms with Gasteiger partial charge in [-0.1, -0.05) is 56.2 Å². The van der Waals surface area contributed by atoms with E-state index in [-0.39, 0.29) is 0 Å². The van der Waals surface area contributed by atoms with E-state index in [1.165, 1.54) is 47.9 Å². The van der Waals surface area contributed by atoms with Gasteiger partial charge in [0.15, 0.2) is 0 Å². The van der Waals surface area contributed by atoms with Crippen LogP contribution in [0.4, 0.5) is 0 Å². The minimum absolute atomic E-state index is 0.529. The number of rotatable bonds is 9. The minimum Gasteiger partial charge on any atom is -0.489 e. The zero-order chi connectivity index (χ0) is 17.6. The molecular weight excluding hydrogens is 308 g/mol. The smallest absolute Gasteiger partial charge is 0.123 e. The summed E-state index contributed by atoms with van der Waals surface area (Å²) in [5.74, 6) is 2.52. The maximum atomic E-state index is 6.25. The lowest BCUT2D eigenvalue weighted by Gasteiger charge is -2.20. The number of aryl methyl sites for hydroxylation is 1. The second-order valence-corrected chi connectivity index (χ2v) is 7.45. The molecule has 0 amide bonds. The van der Waals surface area contributed by atoms with Crippen LogP contribution in [-0.2, 0) is 18.0 Å². The van der Waals surface area contributed by atoms with Crippen molar-refractivity contribution in [3.63, 3.8) is 0 Å². The summed E-state index contributed by atoms with van der Waals surface area (Å²) in [5.41, 5.74) is 5.05. The van der Waals surface area contributed by atoms with Crippen molar-refractivity contribution in [1.82, 2.24) is 0 Å². The second kappa shape index (κ2) is 8.53. The lowest BCUT2D eigenvalue weighted by Crippen LogP contribution is -2.05. The Bertz CT molecular complexity index is 674. The van der Waals surface area contributed by atoms with E-state index in [0.717, 1.165) is 11.7 Å². The van der Waals surface area contributed by atoms with Gasteiger partial charge < -0.3 is 9.47 Å². The normalized spacial score (nSPS) is 15.2. The maximum Gasteiger partial charge on any atom is 0.123 e. The molecule has 0 saturated heterocycles. The first-order valence-corrected chi connectivity index (χ1v) is 9.46. The molecule has 1 fully saturated rings. The van der Waals surface area contributed by atoms with Gasteiger partial charge in [-0.15, -0.1) is 0 Å². The molecule has 0 heterocycles. The van der Waals surface area contributed by atoms with Crippen LogP contribution in [-0.4, -0.2) is 7.11 Å². The van der Waals surface area contributed by atoms with E-state index in [0.29, 0.717) is 19.1 Å². The second-order valence-electron chi connectivity index (χ2n) is 7.45. The van der Waals surface area contributed by atoms with Crippen LogP contribution in [0.15, 0.2) is 42.5 Å². The molecule has 2 aromatic rings. The van der Waals surface area contributed by atoms with E-state index in [2.05, 4.69) is 50.2 Å². The largest absolute Gasteiger partial charge is 0.489 e. The third kappa shape index (κ3) is 5.09. The summed E-state index contributed by atoms with van der Waals surface area (Å²) < 4.78 is 11.6. The number of benzene rings is 2. The molecule has 134 valence electrons. The summed E-state index contributed by atoms with van der Waals surface area (Å²) >= 11 is 0. The Morgan fingerprint density at radius 2 is 1.84 bits per heavy atom. The summed E-state index contributed by atoms with van der Waals surface area (Å²) in [7, 11) is 1.75. The highest BCUT2D eigenvalue weighted by atomic mass is 16.5. The molecular formula is C23H30O2. The fraction of sp³-hybridized carbons (Fsp3) is 0.478. The Morgan fingerprint density at radius 3 is 2.52 bits per heavy atom. The highest BCUT2D eigenvalue weighted by Gasteiger charge is 2.23. The molecule has 0 bridgehead atoms. The van der Waals surface area contributed by atoms with Gasteiger partial charge in [-0.05, 0) is 59.9 Å². The molecule has 25 heavy (non-hydrogen) atoms. The van der Waals surface area contributed by atoms with Crippen LogP contribution < -0.4 is 4.74 Å². The van der Waals surface area contributed by atoms with Crippen LogP contribution in [0, 0.1) is 12.8 Å². The first-order valence-electron chi connectivity index (χ1n) is 9.46. The average Bonchev–Trinajstić information content (AvgIpc) is 3.45. The van der Waals surface area contributed by atoms with Crippen LogP contribution in [0.25, 0.3) is 0 Å². The third-order valence-electron chi connectivity index (χ3n) is 5.24. The highest BCUT2D eigenvalue weighted by molar-refractivity contribution is 5.44. The topological polar surface area (TPSA) is 18.5 Å². The monoisotopic (exact) mass is 338 g/mol. The molecule has 0 aromatic heterocycles. The summed E-state index contributed by atoms with van der Waals surface area (Å²) in [5, 5.41) is 0. The number of ether oxygens (including phenoxy) is 2. The molecule has 1 saturated carbocycles. The Hall–Kier alpha value is -1.80. The molecule has 1 aliphatic carbocycles. The molecule has 1 aliphatic rings. The van der Waals surface area contributed by atoms with Crippen molar-refractivity contribution >= 4 is 0 Å². The Labute approximate surface area is 152 Å². The zero-order valence-corrected chi connectivity index (χ0v) is 15.8. The zero-order valence-electron chi connectivity index (χ0n) is 15.8. The molecule has 0 radical (unpaired) electrons. The van der Waals surface area contributed by atoms with Gasteiger partial charge in [0.25, 0.3) is 0 Å². The van der Waals surface area contributed by atoms with Crippen molar-refractivity contribution in [2.75, 3.05) is 7.11 Å². The number of hydrogen-bond donors (Lipinski definition) is 0. The maximum absolute atomic E-state index is 6.25. The van der Waals surface area contributed by atoms with Crippen molar-refractivity contribution in [3.05, 3.63) is 64.7 Å². The van der Waals surface area contributed by atoms with Crippen molar-refractivity contribution in [2.24, 2.45) is 5.92 Å². The predicted molar refractivity (Wildman–Crippen MR) is 103 cm³/mol. The molecule has 2 nitrogen and oxygen atoms in total. The van der Waals surface area contributed by atoms with E-state index < -0.39 is 0 Å². The predicted octanol–water partition coefficient (Wildman–Crippen LogP) is 6.01. The van der Waals surface area contributed by atoms with E-state index in [9.17, 15) is 0 Å². The van der Waals surface area contributed by atoms with Gasteiger partial charge in [0.05, 0.1) is 6.61 Å². The summed E-state index contributed by atoms with van der Waals surface area (Å²) in [6.45, 7) is 5.75. The lowest BCUT2D eigenvalue weighted by molar-refractivity contribution is 0.183. The molecule has 0 spiro atoms. The molecule has 0 aliphatic heterocycles. The van der Waals surface area contributed by atoms with Crippen LogP contribution in [0.1, 0.15) is 60.8 Å². The van der Waals surface area contributed by atoms with Crippen LogP contribution in [0.3, 0.4) is 0 Å². The van der Waals surface area contributed by atoms with Gasteiger partial charge in [0, 0.05) is 7.11 Å². The van der Waals surface area contributed by atoms with Crippen LogP contribution in [0.2, 0.25) is 0 Å². The first kappa shape index (κ1) is 18.0. The molecule has 2 aromatic carbocycles. The van der Waals surface area contributed by atoms with E-state index >= 15 is 0 Å². The quantitative estimate of drug-likeness (QED) is 0.557. The molecule has 0 N–H and O–H groups in total. The Kier molecular flexibility index (Phi) is 6.14. The molecule has 3 rings (SSSR count). The fourth-order valence-electron chi connectivity index (χ4n) is 3.36. The van der Waals surface area contributed by atoms with Crippen molar-refractivity contribution in [2.45, 2.75) is 58.7 Å².